The Bertz CT molecular complexity index is 433. The molecule has 19 heavy (non-hydrogen) atoms. The molecule has 1 rings (SSSR count). The fourth-order valence-electron chi connectivity index (χ4n) is 1.38. The van der Waals surface area contributed by atoms with Crippen molar-refractivity contribution < 1.29 is 14.1 Å². The Balaban J connectivity index is 2.53. The summed E-state index contributed by atoms with van der Waals surface area (Å²) in [6.45, 7) is 8.03. The molecule has 0 aliphatic carbocycles. The predicted octanol–water partition coefficient (Wildman–Crippen LogP) is 1.54. The van der Waals surface area contributed by atoms with Gasteiger partial charge in [-0.1, -0.05) is 6.58 Å². The molecule has 5 nitrogen and oxygen atoms in total. The van der Waals surface area contributed by atoms with Gasteiger partial charge in [0, 0.05) is 25.5 Å². The maximum Gasteiger partial charge on any atom is 0.302 e. The molecule has 0 aromatic heterocycles. The first-order valence-corrected chi connectivity index (χ1v) is 8.04. The number of nitrogens with two attached hydrogens (primary N) is 1. The first kappa shape index (κ1) is 16.1. The first-order valence-electron chi connectivity index (χ1n) is 5.90. The molecule has 0 spiro atoms. The van der Waals surface area contributed by atoms with E-state index in [0.717, 1.165) is 5.04 Å². The van der Waals surface area contributed by atoms with Crippen LogP contribution in [0.4, 0.5) is 0 Å². The van der Waals surface area contributed by atoms with Gasteiger partial charge >= 0.3 is 5.97 Å². The van der Waals surface area contributed by atoms with E-state index in [-0.39, 0.29) is 12.6 Å². The predicted molar refractivity (Wildman–Crippen MR) is 80.2 cm³/mol. The second-order valence-electron chi connectivity index (χ2n) is 3.80. The van der Waals surface area contributed by atoms with Crippen molar-refractivity contribution in [2.75, 3.05) is 18.9 Å². The molecular weight excluding hydrogens is 284 g/mol. The number of nitrogens with zero attached hydrogens (tertiary/aromatic N) is 1. The van der Waals surface area contributed by atoms with Gasteiger partial charge < -0.3 is 15.0 Å². The van der Waals surface area contributed by atoms with Crippen molar-refractivity contribution in [2.45, 2.75) is 20.3 Å². The number of carbonyl (C=O) groups is 1. The molecule has 1 heterocycles. The van der Waals surface area contributed by atoms with Gasteiger partial charge in [0.2, 0.25) is 4.24 Å². The summed E-state index contributed by atoms with van der Waals surface area (Å²) < 4.78 is 17.5. The molecule has 0 saturated carbocycles. The number of rotatable bonds is 6. The average Bonchev–Trinajstić information content (AvgIpc) is 2.63. The fraction of sp³-hybridized carbons (Fsp3) is 0.500. The molecule has 0 aromatic rings. The summed E-state index contributed by atoms with van der Waals surface area (Å²) in [5.41, 5.74) is 7.01. The second kappa shape index (κ2) is 7.62. The van der Waals surface area contributed by atoms with Crippen LogP contribution in [-0.4, -0.2) is 34.5 Å². The van der Waals surface area contributed by atoms with Crippen LogP contribution in [0, 0.1) is 0 Å². The first-order chi connectivity index (χ1) is 8.97. The highest BCUT2D eigenvalue weighted by molar-refractivity contribution is 8.28. The zero-order chi connectivity index (χ0) is 14.4. The van der Waals surface area contributed by atoms with Crippen molar-refractivity contribution in [3.63, 3.8) is 0 Å². The Morgan fingerprint density at radius 3 is 2.89 bits per heavy atom. The summed E-state index contributed by atoms with van der Waals surface area (Å²) in [7, 11) is 0. The molecule has 2 N–H and O–H groups in total. The number of ether oxygens (including phenoxy) is 1. The van der Waals surface area contributed by atoms with Gasteiger partial charge in [-0.3, -0.25) is 9.79 Å². The van der Waals surface area contributed by atoms with Crippen LogP contribution in [0.2, 0.25) is 0 Å². The van der Waals surface area contributed by atoms with Crippen LogP contribution in [-0.2, 0) is 20.7 Å². The molecule has 0 fully saturated rings. The van der Waals surface area contributed by atoms with Crippen LogP contribution >= 0.6 is 11.8 Å². The normalized spacial score (nSPS) is 19.1. The van der Waals surface area contributed by atoms with Crippen molar-refractivity contribution in [1.82, 2.24) is 0 Å². The van der Waals surface area contributed by atoms with E-state index in [1.807, 2.05) is 6.92 Å². The van der Waals surface area contributed by atoms with Crippen LogP contribution in [0.3, 0.4) is 0 Å². The van der Waals surface area contributed by atoms with Crippen molar-refractivity contribution in [3.8, 4) is 0 Å². The number of hydrogen-bond acceptors (Lipinski definition) is 6. The Morgan fingerprint density at radius 2 is 2.32 bits per heavy atom. The monoisotopic (exact) mass is 302 g/mol. The highest BCUT2D eigenvalue weighted by atomic mass is 32.3. The molecular formula is C12H18N2O3S2. The lowest BCUT2D eigenvalue weighted by Gasteiger charge is -2.10. The lowest BCUT2D eigenvalue weighted by atomic mass is 10.3. The quantitative estimate of drug-likeness (QED) is 0.457. The Labute approximate surface area is 120 Å². The molecule has 106 valence electrons. The summed E-state index contributed by atoms with van der Waals surface area (Å²) in [6, 6.07) is 0. The second-order valence-corrected chi connectivity index (χ2v) is 6.57. The molecule has 0 radical (unpaired) electrons. The zero-order valence-electron chi connectivity index (χ0n) is 11.1. The van der Waals surface area contributed by atoms with Gasteiger partial charge in [-0.25, -0.2) is 0 Å². The van der Waals surface area contributed by atoms with E-state index in [0.29, 0.717) is 34.2 Å². The van der Waals surface area contributed by atoms with E-state index >= 15 is 0 Å². The Morgan fingerprint density at radius 1 is 1.63 bits per heavy atom. The molecule has 7 heteroatoms. The van der Waals surface area contributed by atoms with Crippen LogP contribution in [0.25, 0.3) is 0 Å². The van der Waals surface area contributed by atoms with Gasteiger partial charge in [0.1, 0.15) is 16.5 Å². The lowest BCUT2D eigenvalue weighted by Crippen LogP contribution is -2.13. The van der Waals surface area contributed by atoms with Crippen LogP contribution in [0.5, 0.6) is 0 Å². The topological polar surface area (TPSA) is 87.7 Å². The molecule has 1 aliphatic heterocycles. The van der Waals surface area contributed by atoms with Gasteiger partial charge in [0.25, 0.3) is 0 Å². The molecule has 1 unspecified atom stereocenters. The fourth-order valence-corrected chi connectivity index (χ4v) is 4.01. The Kier molecular flexibility index (Phi) is 6.47. The summed E-state index contributed by atoms with van der Waals surface area (Å²) in [5.74, 6) is 0.0775. The van der Waals surface area contributed by atoms with E-state index in [9.17, 15) is 9.35 Å². The number of esters is 1. The molecule has 0 amide bonds. The van der Waals surface area contributed by atoms with Crippen molar-refractivity contribution in [2.24, 2.45) is 10.7 Å². The van der Waals surface area contributed by atoms with Gasteiger partial charge in [-0.15, -0.1) is 0 Å². The molecule has 0 saturated heterocycles. The highest BCUT2D eigenvalue weighted by Crippen LogP contribution is 2.38. The highest BCUT2D eigenvalue weighted by Gasteiger charge is 2.31. The average molecular weight is 302 g/mol. The van der Waals surface area contributed by atoms with Crippen molar-refractivity contribution in [3.05, 3.63) is 22.1 Å². The number of allylic oxidation sites excluding steroid dienone is 1. The largest absolute Gasteiger partial charge is 0.611 e. The minimum atomic E-state index is -1.20. The van der Waals surface area contributed by atoms with Crippen LogP contribution in [0.1, 0.15) is 20.3 Å². The molecule has 1 aliphatic rings. The van der Waals surface area contributed by atoms with Crippen LogP contribution < -0.4 is 5.73 Å². The van der Waals surface area contributed by atoms with E-state index in [4.69, 9.17) is 10.5 Å². The third-order valence-corrected chi connectivity index (χ3v) is 5.36. The van der Waals surface area contributed by atoms with E-state index in [2.05, 4.69) is 11.6 Å². The summed E-state index contributed by atoms with van der Waals surface area (Å²) in [5, 5.41) is 0.739. The van der Waals surface area contributed by atoms with Crippen LogP contribution in [0.15, 0.2) is 27.1 Å². The van der Waals surface area contributed by atoms with Gasteiger partial charge in [-0.05, 0) is 29.9 Å². The Hall–Kier alpha value is -0.920. The smallest absolute Gasteiger partial charge is 0.302 e. The van der Waals surface area contributed by atoms with Gasteiger partial charge in [0.05, 0.1) is 6.61 Å². The summed E-state index contributed by atoms with van der Waals surface area (Å²) >= 11 is 0.121. The van der Waals surface area contributed by atoms with E-state index in [1.54, 1.807) is 0 Å². The van der Waals surface area contributed by atoms with Crippen molar-refractivity contribution >= 4 is 34.0 Å². The number of aliphatic imine (C=N–C) groups is 1. The number of hydrogen-bond donors (Lipinski definition) is 1. The third-order valence-electron chi connectivity index (χ3n) is 2.28. The van der Waals surface area contributed by atoms with Crippen molar-refractivity contribution in [1.29, 1.82) is 0 Å². The third kappa shape index (κ3) is 4.59. The number of thioether (sulfide) groups is 1. The summed E-state index contributed by atoms with van der Waals surface area (Å²) in [4.78, 5) is 14.9. The summed E-state index contributed by atoms with van der Waals surface area (Å²) in [6.07, 6.45) is 0.538. The zero-order valence-corrected chi connectivity index (χ0v) is 12.7. The van der Waals surface area contributed by atoms with E-state index in [1.165, 1.54) is 18.7 Å². The minimum absolute atomic E-state index is 0.274. The number of carbonyl (C=O) groups excluding carboxylic acids is 1. The van der Waals surface area contributed by atoms with Gasteiger partial charge in [-0.2, -0.15) is 0 Å². The molecule has 0 aromatic carbocycles. The van der Waals surface area contributed by atoms with E-state index < -0.39 is 11.2 Å². The minimum Gasteiger partial charge on any atom is -0.611 e. The lowest BCUT2D eigenvalue weighted by molar-refractivity contribution is -0.140. The maximum atomic E-state index is 12.1. The SMILES string of the molecule is C=C1C(N)=C([S+]([O-])CCCOC(C)=O)S/C1=N/CC. The van der Waals surface area contributed by atoms with Gasteiger partial charge in [0.15, 0.2) is 0 Å². The maximum absolute atomic E-state index is 12.1. The molecule has 0 bridgehead atoms. The molecule has 1 atom stereocenters. The standard InChI is InChI=1S/C12H18N2O3S2/c1-4-14-11-8(2)10(13)12(18-11)19(16)7-5-6-17-9(3)15/h2,4-7,13H2,1,3H3/b14-11+.